The van der Waals surface area contributed by atoms with Gasteiger partial charge in [0.2, 0.25) is 10.0 Å². The number of fused-ring (bicyclic) bond motifs is 1. The largest absolute Gasteiger partial charge is 0.478 e. The van der Waals surface area contributed by atoms with E-state index in [1.165, 1.54) is 22.5 Å². The number of carbonyl (C=O) groups is 1. The fraction of sp³-hybridized carbons (Fsp3) is 0.286. The van der Waals surface area contributed by atoms with Gasteiger partial charge in [-0.2, -0.15) is 4.31 Å². The lowest BCUT2D eigenvalue weighted by atomic mass is 10.0. The summed E-state index contributed by atoms with van der Waals surface area (Å²) in [7, 11) is -3.68. The molecule has 1 aliphatic rings. The van der Waals surface area contributed by atoms with E-state index in [1.54, 1.807) is 30.6 Å². The third-order valence-corrected chi connectivity index (χ3v) is 7.26. The molecule has 4 rings (SSSR count). The van der Waals surface area contributed by atoms with Crippen LogP contribution in [0.2, 0.25) is 0 Å². The van der Waals surface area contributed by atoms with Crippen molar-refractivity contribution in [3.63, 3.8) is 0 Å². The highest BCUT2D eigenvalue weighted by atomic mass is 32.2. The van der Waals surface area contributed by atoms with Gasteiger partial charge in [0.05, 0.1) is 21.7 Å². The first-order chi connectivity index (χ1) is 13.9. The van der Waals surface area contributed by atoms with Crippen LogP contribution in [-0.2, 0) is 10.0 Å². The molecule has 150 valence electrons. The Labute approximate surface area is 169 Å². The zero-order valence-electron chi connectivity index (χ0n) is 15.9. The van der Waals surface area contributed by atoms with E-state index in [0.29, 0.717) is 35.6 Å². The van der Waals surface area contributed by atoms with Crippen LogP contribution in [0.1, 0.15) is 30.1 Å². The number of piperidine rings is 1. The van der Waals surface area contributed by atoms with Gasteiger partial charge in [0.1, 0.15) is 0 Å². The number of pyridine rings is 2. The molecular formula is C21H21N3O4S. The average Bonchev–Trinajstić information content (AvgIpc) is 2.73. The predicted octanol–water partition coefficient (Wildman–Crippen LogP) is 3.42. The number of rotatable bonds is 4. The lowest BCUT2D eigenvalue weighted by molar-refractivity contribution is 0.0699. The van der Waals surface area contributed by atoms with E-state index in [4.69, 9.17) is 0 Å². The van der Waals surface area contributed by atoms with Gasteiger partial charge in [0, 0.05) is 36.4 Å². The van der Waals surface area contributed by atoms with E-state index >= 15 is 0 Å². The van der Waals surface area contributed by atoms with Crippen molar-refractivity contribution < 1.29 is 18.3 Å². The third-order valence-electron chi connectivity index (χ3n) is 5.37. The molecule has 8 heteroatoms. The summed E-state index contributed by atoms with van der Waals surface area (Å²) in [5.41, 5.74) is 1.69. The summed E-state index contributed by atoms with van der Waals surface area (Å²) < 4.78 is 27.6. The van der Waals surface area contributed by atoms with Crippen LogP contribution in [0.4, 0.5) is 0 Å². The fourth-order valence-corrected chi connectivity index (χ4v) is 5.08. The first kappa shape index (κ1) is 19.5. The molecule has 0 atom stereocenters. The van der Waals surface area contributed by atoms with Crippen molar-refractivity contribution in [2.45, 2.75) is 24.7 Å². The number of nitrogens with zero attached hydrogens (tertiary/aromatic N) is 3. The molecule has 3 heterocycles. The number of sulfonamides is 1. The molecule has 0 amide bonds. The molecular weight excluding hydrogens is 390 g/mol. The van der Waals surface area contributed by atoms with Crippen molar-refractivity contribution in [1.82, 2.24) is 14.3 Å². The molecule has 29 heavy (non-hydrogen) atoms. The zero-order valence-corrected chi connectivity index (χ0v) is 16.8. The maximum atomic E-state index is 13.1. The standard InChI is InChI=1S/C21H21N3O4S/c1-14-6-10-24(11-7-14)29(27,28)16-2-3-19-17(12-16)18(21(25)26)13-20(23-19)15-4-8-22-9-5-15/h2-5,8-9,12-14H,6-7,10-11H2,1H3,(H,25,26). The molecule has 1 fully saturated rings. The third kappa shape index (κ3) is 3.73. The summed E-state index contributed by atoms with van der Waals surface area (Å²) in [4.78, 5) is 20.5. The second-order valence-corrected chi connectivity index (χ2v) is 9.30. The smallest absolute Gasteiger partial charge is 0.336 e. The highest BCUT2D eigenvalue weighted by Gasteiger charge is 2.28. The van der Waals surface area contributed by atoms with Gasteiger partial charge in [-0.15, -0.1) is 0 Å². The van der Waals surface area contributed by atoms with Crippen LogP contribution in [0.5, 0.6) is 0 Å². The SMILES string of the molecule is CC1CCN(S(=O)(=O)c2ccc3nc(-c4ccncc4)cc(C(=O)O)c3c2)CC1. The van der Waals surface area contributed by atoms with Crippen LogP contribution in [0.25, 0.3) is 22.2 Å². The van der Waals surface area contributed by atoms with Crippen LogP contribution in [0, 0.1) is 5.92 Å². The minimum absolute atomic E-state index is 0.0196. The molecule has 1 N–H and O–H groups in total. The van der Waals surface area contributed by atoms with E-state index in [9.17, 15) is 18.3 Å². The summed E-state index contributed by atoms with van der Waals surface area (Å²) in [6.45, 7) is 3.07. The Bertz CT molecular complexity index is 1170. The second-order valence-electron chi connectivity index (χ2n) is 7.36. The Morgan fingerprint density at radius 1 is 1.10 bits per heavy atom. The molecule has 7 nitrogen and oxygen atoms in total. The lowest BCUT2D eigenvalue weighted by Gasteiger charge is -2.29. The topological polar surface area (TPSA) is 100 Å². The monoisotopic (exact) mass is 411 g/mol. The molecule has 0 unspecified atom stereocenters. The Morgan fingerprint density at radius 3 is 2.45 bits per heavy atom. The molecule has 1 aromatic carbocycles. The lowest BCUT2D eigenvalue weighted by Crippen LogP contribution is -2.37. The Balaban J connectivity index is 1.81. The van der Waals surface area contributed by atoms with E-state index in [0.717, 1.165) is 18.4 Å². The van der Waals surface area contributed by atoms with Crippen molar-refractivity contribution in [1.29, 1.82) is 0 Å². The molecule has 0 spiro atoms. The molecule has 0 aliphatic carbocycles. The van der Waals surface area contributed by atoms with E-state index in [-0.39, 0.29) is 10.5 Å². The van der Waals surface area contributed by atoms with Crippen LogP contribution in [-0.4, -0.2) is 46.9 Å². The van der Waals surface area contributed by atoms with Crippen molar-refractivity contribution in [3.05, 3.63) is 54.4 Å². The van der Waals surface area contributed by atoms with E-state index < -0.39 is 16.0 Å². The van der Waals surface area contributed by atoms with Crippen LogP contribution in [0.3, 0.4) is 0 Å². The van der Waals surface area contributed by atoms with Crippen molar-refractivity contribution >= 4 is 26.9 Å². The first-order valence-corrected chi connectivity index (χ1v) is 10.9. The molecule has 0 bridgehead atoms. The summed E-state index contributed by atoms with van der Waals surface area (Å²) in [5, 5.41) is 10.0. The highest BCUT2D eigenvalue weighted by molar-refractivity contribution is 7.89. The van der Waals surface area contributed by atoms with Gasteiger partial charge in [-0.3, -0.25) is 4.98 Å². The number of hydrogen-bond acceptors (Lipinski definition) is 5. The van der Waals surface area contributed by atoms with Crippen molar-refractivity contribution in [3.8, 4) is 11.3 Å². The Hall–Kier alpha value is -2.84. The molecule has 0 radical (unpaired) electrons. The van der Waals surface area contributed by atoms with Crippen LogP contribution >= 0.6 is 0 Å². The zero-order chi connectivity index (χ0) is 20.6. The molecule has 2 aromatic heterocycles. The number of aromatic nitrogens is 2. The van der Waals surface area contributed by atoms with E-state index in [1.807, 2.05) is 0 Å². The van der Waals surface area contributed by atoms with Crippen molar-refractivity contribution in [2.75, 3.05) is 13.1 Å². The van der Waals surface area contributed by atoms with Gasteiger partial charge < -0.3 is 5.11 Å². The second kappa shape index (κ2) is 7.53. The van der Waals surface area contributed by atoms with Crippen LogP contribution in [0.15, 0.2) is 53.7 Å². The van der Waals surface area contributed by atoms with Crippen molar-refractivity contribution in [2.24, 2.45) is 5.92 Å². The molecule has 1 saturated heterocycles. The maximum Gasteiger partial charge on any atom is 0.336 e. The number of hydrogen-bond donors (Lipinski definition) is 1. The summed E-state index contributed by atoms with van der Waals surface area (Å²) >= 11 is 0. The highest BCUT2D eigenvalue weighted by Crippen LogP contribution is 2.29. The average molecular weight is 411 g/mol. The normalized spacial score (nSPS) is 16.2. The predicted molar refractivity (Wildman–Crippen MR) is 109 cm³/mol. The summed E-state index contributed by atoms with van der Waals surface area (Å²) in [6.07, 6.45) is 4.86. The number of aromatic carboxylic acids is 1. The van der Waals surface area contributed by atoms with Gasteiger partial charge in [0.15, 0.2) is 0 Å². The summed E-state index contributed by atoms with van der Waals surface area (Å²) in [5.74, 6) is -0.624. The van der Waals surface area contributed by atoms with Gasteiger partial charge in [-0.05, 0) is 55.2 Å². The summed E-state index contributed by atoms with van der Waals surface area (Å²) in [6, 6.07) is 9.47. The van der Waals surface area contributed by atoms with Gasteiger partial charge in [-0.1, -0.05) is 6.92 Å². The number of carboxylic acids is 1. The number of benzene rings is 1. The fourth-order valence-electron chi connectivity index (χ4n) is 3.59. The van der Waals surface area contributed by atoms with Crippen LogP contribution < -0.4 is 0 Å². The molecule has 3 aromatic rings. The molecule has 0 saturated carbocycles. The minimum atomic E-state index is -3.68. The van der Waals surface area contributed by atoms with E-state index in [2.05, 4.69) is 16.9 Å². The quantitative estimate of drug-likeness (QED) is 0.706. The van der Waals surface area contributed by atoms with Gasteiger partial charge in [0.25, 0.3) is 0 Å². The first-order valence-electron chi connectivity index (χ1n) is 9.45. The minimum Gasteiger partial charge on any atom is -0.478 e. The maximum absolute atomic E-state index is 13.1. The molecule has 1 aliphatic heterocycles. The Morgan fingerprint density at radius 2 is 1.79 bits per heavy atom. The Kier molecular flexibility index (Phi) is 5.06. The van der Waals surface area contributed by atoms with Gasteiger partial charge in [-0.25, -0.2) is 18.2 Å². The number of carboxylic acid groups (broad SMARTS) is 1. The van der Waals surface area contributed by atoms with Gasteiger partial charge >= 0.3 is 5.97 Å².